The van der Waals surface area contributed by atoms with E-state index in [1.54, 1.807) is 0 Å². The number of benzene rings is 1. The lowest BCUT2D eigenvalue weighted by Gasteiger charge is -2.23. The number of rotatable bonds is 6. The molecule has 0 saturated heterocycles. The Kier molecular flexibility index (Phi) is 4.68. The van der Waals surface area contributed by atoms with E-state index < -0.39 is 0 Å². The van der Waals surface area contributed by atoms with Crippen molar-refractivity contribution in [1.29, 1.82) is 0 Å². The van der Waals surface area contributed by atoms with E-state index in [1.807, 2.05) is 19.1 Å². The maximum atomic E-state index is 5.81. The van der Waals surface area contributed by atoms with Crippen LogP contribution in [-0.4, -0.2) is 10.2 Å². The molecule has 0 bridgehead atoms. The fourth-order valence-electron chi connectivity index (χ4n) is 2.25. The lowest BCUT2D eigenvalue weighted by atomic mass is 9.82. The normalized spacial score (nSPS) is 11.7. The summed E-state index contributed by atoms with van der Waals surface area (Å²) in [7, 11) is 0. The zero-order valence-electron chi connectivity index (χ0n) is 13.4. The first-order chi connectivity index (χ1) is 9.97. The van der Waals surface area contributed by atoms with Crippen molar-refractivity contribution in [2.75, 3.05) is 0 Å². The Morgan fingerprint density at radius 3 is 2.48 bits per heavy atom. The second-order valence-electron chi connectivity index (χ2n) is 6.03. The highest BCUT2D eigenvalue weighted by Gasteiger charge is 2.17. The van der Waals surface area contributed by atoms with E-state index >= 15 is 0 Å². The van der Waals surface area contributed by atoms with Crippen molar-refractivity contribution in [1.82, 2.24) is 10.2 Å². The first-order valence-electron chi connectivity index (χ1n) is 7.44. The Hall–Kier alpha value is -1.81. The third-order valence-electron chi connectivity index (χ3n) is 4.26. The van der Waals surface area contributed by atoms with Crippen LogP contribution < -0.4 is 10.5 Å². The Morgan fingerprint density at radius 2 is 1.90 bits per heavy atom. The van der Waals surface area contributed by atoms with Crippen molar-refractivity contribution in [2.45, 2.75) is 52.7 Å². The van der Waals surface area contributed by atoms with E-state index in [0.717, 1.165) is 29.1 Å². The topological polar surface area (TPSA) is 63.9 Å². The third-order valence-corrected chi connectivity index (χ3v) is 4.26. The molecule has 2 rings (SSSR count). The maximum absolute atomic E-state index is 5.81. The van der Waals surface area contributed by atoms with Gasteiger partial charge in [-0.05, 0) is 36.5 Å². The van der Waals surface area contributed by atoms with Crippen molar-refractivity contribution < 1.29 is 4.74 Å². The van der Waals surface area contributed by atoms with Gasteiger partial charge >= 0.3 is 0 Å². The van der Waals surface area contributed by atoms with Crippen LogP contribution in [0.1, 0.15) is 49.7 Å². The van der Waals surface area contributed by atoms with Crippen LogP contribution in [0.25, 0.3) is 0 Å². The molecule has 0 amide bonds. The van der Waals surface area contributed by atoms with Crippen molar-refractivity contribution in [3.63, 3.8) is 0 Å². The van der Waals surface area contributed by atoms with Gasteiger partial charge in [-0.15, -0.1) is 0 Å². The number of nitrogens with one attached hydrogen (secondary N) is 1. The van der Waals surface area contributed by atoms with Gasteiger partial charge in [-0.2, -0.15) is 5.10 Å². The van der Waals surface area contributed by atoms with Gasteiger partial charge in [-0.3, -0.25) is 5.10 Å². The van der Waals surface area contributed by atoms with E-state index in [0.29, 0.717) is 13.2 Å². The van der Waals surface area contributed by atoms with Crippen LogP contribution in [0.5, 0.6) is 5.75 Å². The number of aromatic nitrogens is 2. The van der Waals surface area contributed by atoms with Gasteiger partial charge in [0, 0.05) is 17.8 Å². The van der Waals surface area contributed by atoms with E-state index in [9.17, 15) is 0 Å². The first kappa shape index (κ1) is 15.6. The molecule has 2 aromatic rings. The molecule has 0 unspecified atom stereocenters. The number of hydrogen-bond donors (Lipinski definition) is 2. The van der Waals surface area contributed by atoms with Gasteiger partial charge in [0.1, 0.15) is 18.1 Å². The van der Waals surface area contributed by atoms with Crippen molar-refractivity contribution in [3.8, 4) is 5.75 Å². The maximum Gasteiger partial charge on any atom is 0.132 e. The lowest BCUT2D eigenvalue weighted by molar-refractivity contribution is 0.299. The van der Waals surface area contributed by atoms with Gasteiger partial charge in [0.15, 0.2) is 0 Å². The van der Waals surface area contributed by atoms with Gasteiger partial charge in [0.2, 0.25) is 0 Å². The zero-order chi connectivity index (χ0) is 15.5. The number of nitrogens with two attached hydrogens (primary N) is 1. The number of H-pyrrole nitrogens is 1. The highest BCUT2D eigenvalue weighted by molar-refractivity contribution is 5.32. The van der Waals surface area contributed by atoms with Crippen LogP contribution in [0.2, 0.25) is 0 Å². The van der Waals surface area contributed by atoms with Crippen LogP contribution >= 0.6 is 0 Å². The number of aryl methyl sites for hydroxylation is 1. The molecule has 0 fully saturated rings. The molecule has 0 atom stereocenters. The summed E-state index contributed by atoms with van der Waals surface area (Å²) in [5.74, 6) is 0.856. The molecule has 0 radical (unpaired) electrons. The quantitative estimate of drug-likeness (QED) is 0.855. The standard InChI is InChI=1S/C17H25N3O/c1-5-17(3,4)13-6-8-14(9-7-13)21-11-16-15(10-18)12(2)19-20-16/h6-9H,5,10-11,18H2,1-4H3,(H,19,20). The highest BCUT2D eigenvalue weighted by atomic mass is 16.5. The van der Waals surface area contributed by atoms with Gasteiger partial charge in [0.05, 0.1) is 0 Å². The van der Waals surface area contributed by atoms with E-state index in [-0.39, 0.29) is 5.41 Å². The van der Waals surface area contributed by atoms with Crippen LogP contribution in [0.15, 0.2) is 24.3 Å². The SMILES string of the molecule is CCC(C)(C)c1ccc(OCc2n[nH]c(C)c2CN)cc1. The van der Waals surface area contributed by atoms with Gasteiger partial charge in [0.25, 0.3) is 0 Å². The summed E-state index contributed by atoms with van der Waals surface area (Å²) in [5.41, 5.74) is 10.2. The molecule has 0 aliphatic rings. The molecule has 21 heavy (non-hydrogen) atoms. The van der Waals surface area contributed by atoms with Gasteiger partial charge in [-0.25, -0.2) is 0 Å². The lowest BCUT2D eigenvalue weighted by Crippen LogP contribution is -2.15. The average Bonchev–Trinajstić information content (AvgIpc) is 2.85. The number of ether oxygens (including phenoxy) is 1. The summed E-state index contributed by atoms with van der Waals surface area (Å²) in [6.45, 7) is 9.60. The summed E-state index contributed by atoms with van der Waals surface area (Å²) >= 11 is 0. The van der Waals surface area contributed by atoms with E-state index in [1.165, 1.54) is 5.56 Å². The third kappa shape index (κ3) is 3.45. The van der Waals surface area contributed by atoms with Crippen molar-refractivity contribution in [2.24, 2.45) is 5.73 Å². The molecular formula is C17H25N3O. The summed E-state index contributed by atoms with van der Waals surface area (Å²) in [6.07, 6.45) is 1.11. The summed E-state index contributed by atoms with van der Waals surface area (Å²) in [6, 6.07) is 8.32. The molecule has 0 saturated carbocycles. The summed E-state index contributed by atoms with van der Waals surface area (Å²) in [4.78, 5) is 0. The Labute approximate surface area is 126 Å². The van der Waals surface area contributed by atoms with Crippen LogP contribution in [0, 0.1) is 6.92 Å². The smallest absolute Gasteiger partial charge is 0.132 e. The molecule has 3 N–H and O–H groups in total. The molecule has 114 valence electrons. The Morgan fingerprint density at radius 1 is 1.24 bits per heavy atom. The van der Waals surface area contributed by atoms with Crippen LogP contribution in [0.3, 0.4) is 0 Å². The van der Waals surface area contributed by atoms with E-state index in [2.05, 4.69) is 43.1 Å². The monoisotopic (exact) mass is 287 g/mol. The molecule has 0 spiro atoms. The number of nitrogens with zero attached hydrogens (tertiary/aromatic N) is 1. The second kappa shape index (κ2) is 6.31. The second-order valence-corrected chi connectivity index (χ2v) is 6.03. The average molecular weight is 287 g/mol. The molecule has 1 aromatic heterocycles. The fourth-order valence-corrected chi connectivity index (χ4v) is 2.25. The van der Waals surface area contributed by atoms with Crippen LogP contribution in [-0.2, 0) is 18.6 Å². The molecule has 0 aliphatic heterocycles. The number of aromatic amines is 1. The minimum atomic E-state index is 0.199. The largest absolute Gasteiger partial charge is 0.487 e. The number of hydrogen-bond acceptors (Lipinski definition) is 3. The molecule has 1 aromatic carbocycles. The molecule has 1 heterocycles. The van der Waals surface area contributed by atoms with Crippen LogP contribution in [0.4, 0.5) is 0 Å². The Bertz CT molecular complexity index is 585. The minimum Gasteiger partial charge on any atom is -0.487 e. The zero-order valence-corrected chi connectivity index (χ0v) is 13.4. The molecule has 0 aliphatic carbocycles. The van der Waals surface area contributed by atoms with Gasteiger partial charge < -0.3 is 10.5 Å². The Balaban J connectivity index is 2.04. The fraction of sp³-hybridized carbons (Fsp3) is 0.471. The predicted molar refractivity (Wildman–Crippen MR) is 85.3 cm³/mol. The van der Waals surface area contributed by atoms with E-state index in [4.69, 9.17) is 10.5 Å². The molecule has 4 heteroatoms. The first-order valence-corrected chi connectivity index (χ1v) is 7.44. The molecular weight excluding hydrogens is 262 g/mol. The van der Waals surface area contributed by atoms with Crippen molar-refractivity contribution >= 4 is 0 Å². The summed E-state index contributed by atoms with van der Waals surface area (Å²) < 4.78 is 5.81. The highest BCUT2D eigenvalue weighted by Crippen LogP contribution is 2.28. The predicted octanol–water partition coefficient (Wildman–Crippen LogP) is 3.44. The molecule has 4 nitrogen and oxygen atoms in total. The van der Waals surface area contributed by atoms with Gasteiger partial charge in [-0.1, -0.05) is 32.9 Å². The van der Waals surface area contributed by atoms with Crippen molar-refractivity contribution in [3.05, 3.63) is 46.8 Å². The minimum absolute atomic E-state index is 0.199. The summed E-state index contributed by atoms with van der Waals surface area (Å²) in [5, 5.41) is 7.19.